The summed E-state index contributed by atoms with van der Waals surface area (Å²) in [5.41, 5.74) is 9.12. The van der Waals surface area contributed by atoms with E-state index >= 15 is 0 Å². The smallest absolute Gasteiger partial charge is 0.164 e. The molecule has 51 heavy (non-hydrogen) atoms. The van der Waals surface area contributed by atoms with Gasteiger partial charge in [-0.05, 0) is 47.9 Å². The molecule has 0 N–H and O–H groups in total. The summed E-state index contributed by atoms with van der Waals surface area (Å²) in [6.45, 7) is 0. The number of fused-ring (bicyclic) bond motifs is 6. The summed E-state index contributed by atoms with van der Waals surface area (Å²) in [5.74, 6) is 1.88. The van der Waals surface area contributed by atoms with E-state index in [0.29, 0.717) is 17.5 Å². The van der Waals surface area contributed by atoms with Gasteiger partial charge in [-0.3, -0.25) is 0 Å². The first-order valence-corrected chi connectivity index (χ1v) is 17.1. The molecule has 0 fully saturated rings. The quantitative estimate of drug-likeness (QED) is 0.174. The summed E-state index contributed by atoms with van der Waals surface area (Å²) in [7, 11) is 0. The van der Waals surface area contributed by atoms with Gasteiger partial charge in [-0.25, -0.2) is 19.9 Å². The molecule has 7 aromatic carbocycles. The van der Waals surface area contributed by atoms with Crippen LogP contribution in [0.15, 0.2) is 176 Å². The zero-order valence-corrected chi connectivity index (χ0v) is 27.5. The molecular weight excluding hydrogens is 623 g/mol. The Hall–Kier alpha value is -6.98. The molecule has 10 aromatic rings. The number of nitrogens with zero attached hydrogens (tertiary/aromatic N) is 5. The minimum absolute atomic E-state index is 0.614. The van der Waals surface area contributed by atoms with Gasteiger partial charge in [0.25, 0.3) is 0 Å². The Balaban J connectivity index is 1.22. The van der Waals surface area contributed by atoms with Crippen LogP contribution in [0.4, 0.5) is 0 Å². The maximum Gasteiger partial charge on any atom is 0.164 e. The maximum absolute atomic E-state index is 5.33. The predicted molar refractivity (Wildman–Crippen MR) is 209 cm³/mol. The highest BCUT2D eigenvalue weighted by atomic mass is 15.0. The Morgan fingerprint density at radius 3 is 1.57 bits per heavy atom. The van der Waals surface area contributed by atoms with Gasteiger partial charge in [0, 0.05) is 49.5 Å². The van der Waals surface area contributed by atoms with Crippen LogP contribution in [-0.2, 0) is 0 Å². The zero-order chi connectivity index (χ0) is 33.7. The van der Waals surface area contributed by atoms with Crippen molar-refractivity contribution in [3.8, 4) is 51.1 Å². The molecule has 0 bridgehead atoms. The Morgan fingerprint density at radius 1 is 0.314 bits per heavy atom. The number of aromatic nitrogens is 5. The summed E-state index contributed by atoms with van der Waals surface area (Å²) in [6, 6.07) is 60.9. The second kappa shape index (κ2) is 11.9. The zero-order valence-electron chi connectivity index (χ0n) is 27.5. The molecule has 3 aromatic heterocycles. The van der Waals surface area contributed by atoms with Crippen LogP contribution in [0.1, 0.15) is 0 Å². The molecule has 0 unspecified atom stereocenters. The van der Waals surface area contributed by atoms with Gasteiger partial charge in [-0.2, -0.15) is 0 Å². The molecule has 238 valence electrons. The number of rotatable bonds is 5. The number of pyridine rings is 1. The minimum Gasteiger partial charge on any atom is -0.309 e. The van der Waals surface area contributed by atoms with Crippen molar-refractivity contribution in [3.63, 3.8) is 0 Å². The standard InChI is InChI=1S/C46H29N5/c1-4-15-30(16-5-1)44-48-45(31-17-6-2-7-18-31)50-46(49-44)33-20-14-19-32(27-33)43-39-28-38-36-24-11-13-26-41(36)51(34-21-8-3-9-22-34)42(38)29-37(39)35-23-10-12-25-40(35)47-43/h1-29H. The Kier molecular flexibility index (Phi) is 6.74. The molecule has 0 amide bonds. The molecule has 0 spiro atoms. The number of hydrogen-bond donors (Lipinski definition) is 0. The largest absolute Gasteiger partial charge is 0.309 e. The van der Waals surface area contributed by atoms with E-state index in [1.165, 1.54) is 16.3 Å². The first-order chi connectivity index (χ1) is 25.3. The fraction of sp³-hybridized carbons (Fsp3) is 0. The van der Waals surface area contributed by atoms with Crippen LogP contribution in [-0.4, -0.2) is 24.5 Å². The first-order valence-electron chi connectivity index (χ1n) is 17.1. The topological polar surface area (TPSA) is 56.5 Å². The van der Waals surface area contributed by atoms with Gasteiger partial charge in [0.05, 0.1) is 22.2 Å². The molecule has 0 aliphatic carbocycles. The van der Waals surface area contributed by atoms with E-state index in [9.17, 15) is 0 Å². The van der Waals surface area contributed by atoms with Crippen LogP contribution in [0.3, 0.4) is 0 Å². The molecule has 10 rings (SSSR count). The van der Waals surface area contributed by atoms with Crippen LogP contribution < -0.4 is 0 Å². The molecule has 0 radical (unpaired) electrons. The summed E-state index contributed by atoms with van der Waals surface area (Å²) in [4.78, 5) is 20.2. The number of hydrogen-bond acceptors (Lipinski definition) is 4. The van der Waals surface area contributed by atoms with Gasteiger partial charge in [0.1, 0.15) is 0 Å². The highest BCUT2D eigenvalue weighted by Gasteiger charge is 2.19. The molecule has 3 heterocycles. The lowest BCUT2D eigenvalue weighted by atomic mass is 9.97. The molecule has 5 nitrogen and oxygen atoms in total. The van der Waals surface area contributed by atoms with Crippen molar-refractivity contribution in [3.05, 3.63) is 176 Å². The molecule has 0 aliphatic rings. The molecule has 0 saturated carbocycles. The monoisotopic (exact) mass is 651 g/mol. The lowest BCUT2D eigenvalue weighted by Gasteiger charge is -2.13. The Morgan fingerprint density at radius 2 is 0.863 bits per heavy atom. The Labute approximate surface area is 294 Å². The van der Waals surface area contributed by atoms with E-state index in [1.807, 2.05) is 60.7 Å². The predicted octanol–water partition coefficient (Wildman–Crippen LogP) is 11.3. The molecular formula is C46H29N5. The number of para-hydroxylation sites is 3. The summed E-state index contributed by atoms with van der Waals surface area (Å²) in [6.07, 6.45) is 0. The summed E-state index contributed by atoms with van der Waals surface area (Å²) < 4.78 is 2.37. The Bertz CT molecular complexity index is 2840. The first kappa shape index (κ1) is 29.0. The highest BCUT2D eigenvalue weighted by Crippen LogP contribution is 2.40. The van der Waals surface area contributed by atoms with Crippen molar-refractivity contribution in [1.82, 2.24) is 24.5 Å². The van der Waals surface area contributed by atoms with Gasteiger partial charge >= 0.3 is 0 Å². The van der Waals surface area contributed by atoms with E-state index < -0.39 is 0 Å². The van der Waals surface area contributed by atoms with Crippen molar-refractivity contribution in [2.45, 2.75) is 0 Å². The van der Waals surface area contributed by atoms with E-state index in [-0.39, 0.29) is 0 Å². The lowest BCUT2D eigenvalue weighted by Crippen LogP contribution is -2.00. The highest BCUT2D eigenvalue weighted by molar-refractivity contribution is 6.20. The fourth-order valence-corrected chi connectivity index (χ4v) is 7.23. The van der Waals surface area contributed by atoms with Gasteiger partial charge in [-0.15, -0.1) is 0 Å². The van der Waals surface area contributed by atoms with Crippen LogP contribution in [0, 0.1) is 0 Å². The van der Waals surface area contributed by atoms with Crippen molar-refractivity contribution in [2.75, 3.05) is 0 Å². The van der Waals surface area contributed by atoms with Crippen LogP contribution in [0.5, 0.6) is 0 Å². The SMILES string of the molecule is c1ccc(-c2nc(-c3ccccc3)nc(-c3cccc(-c4nc5ccccc5c5cc6c(cc45)c4ccccc4n6-c4ccccc4)c3)n2)cc1. The third-order valence-electron chi connectivity index (χ3n) is 9.60. The van der Waals surface area contributed by atoms with Gasteiger partial charge in [0.2, 0.25) is 0 Å². The average molecular weight is 652 g/mol. The lowest BCUT2D eigenvalue weighted by molar-refractivity contribution is 1.07. The van der Waals surface area contributed by atoms with Gasteiger partial charge < -0.3 is 4.57 Å². The van der Waals surface area contributed by atoms with Crippen molar-refractivity contribution in [2.24, 2.45) is 0 Å². The van der Waals surface area contributed by atoms with Gasteiger partial charge in [-0.1, -0.05) is 133 Å². The summed E-state index contributed by atoms with van der Waals surface area (Å²) >= 11 is 0. The van der Waals surface area contributed by atoms with Crippen LogP contribution in [0.2, 0.25) is 0 Å². The van der Waals surface area contributed by atoms with E-state index in [2.05, 4.69) is 120 Å². The second-order valence-electron chi connectivity index (χ2n) is 12.7. The van der Waals surface area contributed by atoms with Crippen LogP contribution in [0.25, 0.3) is 94.6 Å². The second-order valence-corrected chi connectivity index (χ2v) is 12.7. The van der Waals surface area contributed by atoms with E-state index in [0.717, 1.165) is 60.8 Å². The van der Waals surface area contributed by atoms with Crippen molar-refractivity contribution >= 4 is 43.5 Å². The van der Waals surface area contributed by atoms with Gasteiger partial charge in [0.15, 0.2) is 17.5 Å². The third kappa shape index (κ3) is 4.94. The van der Waals surface area contributed by atoms with E-state index in [4.69, 9.17) is 19.9 Å². The summed E-state index contributed by atoms with van der Waals surface area (Å²) in [5, 5.41) is 5.77. The van der Waals surface area contributed by atoms with Crippen molar-refractivity contribution in [1.29, 1.82) is 0 Å². The minimum atomic E-state index is 0.614. The van der Waals surface area contributed by atoms with Crippen LogP contribution >= 0.6 is 0 Å². The maximum atomic E-state index is 5.33. The average Bonchev–Trinajstić information content (AvgIpc) is 3.54. The fourth-order valence-electron chi connectivity index (χ4n) is 7.23. The van der Waals surface area contributed by atoms with Crippen molar-refractivity contribution < 1.29 is 0 Å². The molecule has 0 atom stereocenters. The molecule has 5 heteroatoms. The number of benzene rings is 7. The van der Waals surface area contributed by atoms with E-state index in [1.54, 1.807) is 0 Å². The molecule has 0 saturated heterocycles. The molecule has 0 aliphatic heterocycles. The third-order valence-corrected chi connectivity index (χ3v) is 9.60. The normalized spacial score (nSPS) is 11.5.